The zero-order valence-corrected chi connectivity index (χ0v) is 14.2. The van der Waals surface area contributed by atoms with Crippen LogP contribution >= 0.6 is 12.4 Å². The molecule has 5 nitrogen and oxygen atoms in total. The molecule has 1 heterocycles. The average molecular weight is 329 g/mol. The van der Waals surface area contributed by atoms with E-state index in [1.54, 1.807) is 14.2 Å². The van der Waals surface area contributed by atoms with E-state index in [1.807, 2.05) is 30.1 Å². The maximum atomic E-state index is 12.4. The molecule has 0 bridgehead atoms. The smallest absolute Gasteiger partial charge is 0.224 e. The minimum Gasteiger partial charge on any atom is -0.497 e. The fourth-order valence-electron chi connectivity index (χ4n) is 2.86. The van der Waals surface area contributed by atoms with E-state index in [0.717, 1.165) is 36.4 Å². The average Bonchev–Trinajstić information content (AvgIpc) is 3.01. The lowest BCUT2D eigenvalue weighted by Crippen LogP contribution is -2.32. The molecule has 6 heteroatoms. The molecular weight excluding hydrogens is 304 g/mol. The van der Waals surface area contributed by atoms with Crippen molar-refractivity contribution in [2.45, 2.75) is 25.3 Å². The lowest BCUT2D eigenvalue weighted by molar-refractivity contribution is -0.132. The maximum absolute atomic E-state index is 12.4. The van der Waals surface area contributed by atoms with Gasteiger partial charge in [0.15, 0.2) is 0 Å². The van der Waals surface area contributed by atoms with Crippen LogP contribution in [-0.4, -0.2) is 45.2 Å². The molecule has 0 radical (unpaired) electrons. The van der Waals surface area contributed by atoms with E-state index in [-0.39, 0.29) is 24.4 Å². The Morgan fingerprint density at radius 1 is 1.36 bits per heavy atom. The molecule has 0 spiro atoms. The van der Waals surface area contributed by atoms with E-state index in [1.165, 1.54) is 0 Å². The van der Waals surface area contributed by atoms with Gasteiger partial charge in [0.05, 0.1) is 20.3 Å². The molecule has 1 aliphatic rings. The first-order valence-corrected chi connectivity index (χ1v) is 7.37. The Kier molecular flexibility index (Phi) is 7.48. The van der Waals surface area contributed by atoms with Crippen molar-refractivity contribution in [1.29, 1.82) is 0 Å². The van der Waals surface area contributed by atoms with Crippen LogP contribution in [-0.2, 0) is 4.79 Å². The van der Waals surface area contributed by atoms with Gasteiger partial charge in [0.25, 0.3) is 0 Å². The number of carbonyl (C=O) groups excluding carboxylic acids is 1. The van der Waals surface area contributed by atoms with Crippen LogP contribution in [0, 0.1) is 0 Å². The quantitative estimate of drug-likeness (QED) is 0.871. The predicted octanol–water partition coefficient (Wildman–Crippen LogP) is 2.40. The van der Waals surface area contributed by atoms with Crippen molar-refractivity contribution in [3.8, 4) is 11.5 Å². The second kappa shape index (κ2) is 8.86. The van der Waals surface area contributed by atoms with Crippen molar-refractivity contribution in [3.63, 3.8) is 0 Å². The molecule has 2 rings (SSSR count). The highest BCUT2D eigenvalue weighted by Crippen LogP contribution is 2.39. The highest BCUT2D eigenvalue weighted by atomic mass is 35.5. The number of nitrogens with one attached hydrogen (secondary N) is 1. The van der Waals surface area contributed by atoms with Crippen molar-refractivity contribution in [1.82, 2.24) is 10.2 Å². The van der Waals surface area contributed by atoms with Crippen LogP contribution < -0.4 is 14.8 Å². The summed E-state index contributed by atoms with van der Waals surface area (Å²) < 4.78 is 10.8. The summed E-state index contributed by atoms with van der Waals surface area (Å²) in [5, 5.41) is 3.03. The summed E-state index contributed by atoms with van der Waals surface area (Å²) in [6, 6.07) is 5.85. The van der Waals surface area contributed by atoms with Crippen LogP contribution in [0.4, 0.5) is 0 Å². The summed E-state index contributed by atoms with van der Waals surface area (Å²) in [7, 11) is 5.17. The number of amides is 1. The van der Waals surface area contributed by atoms with E-state index in [0.29, 0.717) is 13.0 Å². The molecule has 1 saturated heterocycles. The zero-order chi connectivity index (χ0) is 15.2. The fourth-order valence-corrected chi connectivity index (χ4v) is 2.86. The lowest BCUT2D eigenvalue weighted by atomic mass is 10.0. The molecule has 1 aromatic rings. The van der Waals surface area contributed by atoms with Gasteiger partial charge in [0.2, 0.25) is 5.91 Å². The number of benzene rings is 1. The van der Waals surface area contributed by atoms with Gasteiger partial charge in [-0.15, -0.1) is 12.4 Å². The Morgan fingerprint density at radius 3 is 2.77 bits per heavy atom. The van der Waals surface area contributed by atoms with Crippen LogP contribution in [0.15, 0.2) is 18.2 Å². The molecule has 1 unspecified atom stereocenters. The van der Waals surface area contributed by atoms with Gasteiger partial charge in [-0.3, -0.25) is 4.79 Å². The first-order chi connectivity index (χ1) is 10.2. The Morgan fingerprint density at radius 2 is 2.14 bits per heavy atom. The summed E-state index contributed by atoms with van der Waals surface area (Å²) in [5.74, 6) is 1.80. The number of hydrogen-bond acceptors (Lipinski definition) is 4. The highest BCUT2D eigenvalue weighted by Gasteiger charge is 2.31. The standard InChI is InChI=1S/C16H24N2O3.ClH/c1-17-9-8-16(19)18-10-4-5-14(18)13-11-12(20-2)6-7-15(13)21-3;/h6-7,11,14,17H,4-5,8-10H2,1-3H3;1H. The van der Waals surface area contributed by atoms with Gasteiger partial charge in [-0.2, -0.15) is 0 Å². The third-order valence-corrected chi connectivity index (χ3v) is 3.96. The lowest BCUT2D eigenvalue weighted by Gasteiger charge is -2.26. The van der Waals surface area contributed by atoms with Crippen LogP contribution in [0.25, 0.3) is 0 Å². The molecule has 1 N–H and O–H groups in total. The van der Waals surface area contributed by atoms with Gasteiger partial charge in [0.1, 0.15) is 11.5 Å². The summed E-state index contributed by atoms with van der Waals surface area (Å²) in [6.07, 6.45) is 2.52. The Hall–Kier alpha value is -1.46. The number of rotatable bonds is 6. The molecule has 1 aliphatic heterocycles. The molecular formula is C16H25ClN2O3. The minimum absolute atomic E-state index is 0. The Bertz CT molecular complexity index is 496. The van der Waals surface area contributed by atoms with E-state index in [4.69, 9.17) is 9.47 Å². The van der Waals surface area contributed by atoms with Gasteiger partial charge in [-0.05, 0) is 38.1 Å². The minimum atomic E-state index is 0. The first-order valence-electron chi connectivity index (χ1n) is 7.37. The van der Waals surface area contributed by atoms with E-state index in [2.05, 4.69) is 5.32 Å². The van der Waals surface area contributed by atoms with Gasteiger partial charge in [-0.25, -0.2) is 0 Å². The van der Waals surface area contributed by atoms with Crippen LogP contribution in [0.1, 0.15) is 30.9 Å². The monoisotopic (exact) mass is 328 g/mol. The molecule has 1 aromatic carbocycles. The number of carbonyl (C=O) groups is 1. The van der Waals surface area contributed by atoms with Gasteiger partial charge < -0.3 is 19.7 Å². The van der Waals surface area contributed by atoms with Crippen LogP contribution in [0.2, 0.25) is 0 Å². The summed E-state index contributed by atoms with van der Waals surface area (Å²) in [5.41, 5.74) is 1.03. The number of ether oxygens (including phenoxy) is 2. The van der Waals surface area contributed by atoms with Gasteiger partial charge in [0, 0.05) is 25.1 Å². The van der Waals surface area contributed by atoms with Crippen LogP contribution in [0.3, 0.4) is 0 Å². The van der Waals surface area contributed by atoms with Crippen LogP contribution in [0.5, 0.6) is 11.5 Å². The molecule has 0 aliphatic carbocycles. The third kappa shape index (κ3) is 4.05. The van der Waals surface area contributed by atoms with Crippen molar-refractivity contribution in [3.05, 3.63) is 23.8 Å². The van der Waals surface area contributed by atoms with E-state index < -0.39 is 0 Å². The van der Waals surface area contributed by atoms with E-state index in [9.17, 15) is 4.79 Å². The molecule has 1 fully saturated rings. The fraction of sp³-hybridized carbons (Fsp3) is 0.562. The van der Waals surface area contributed by atoms with Gasteiger partial charge in [-0.1, -0.05) is 0 Å². The Balaban J connectivity index is 0.00000242. The molecule has 1 amide bonds. The number of nitrogens with zero attached hydrogens (tertiary/aromatic N) is 1. The number of halogens is 1. The van der Waals surface area contributed by atoms with Crippen molar-refractivity contribution < 1.29 is 14.3 Å². The van der Waals surface area contributed by atoms with E-state index >= 15 is 0 Å². The number of likely N-dealkylation sites (tertiary alicyclic amines) is 1. The number of hydrogen-bond donors (Lipinski definition) is 1. The largest absolute Gasteiger partial charge is 0.497 e. The summed E-state index contributed by atoms with van der Waals surface area (Å²) in [6.45, 7) is 1.52. The summed E-state index contributed by atoms with van der Waals surface area (Å²) in [4.78, 5) is 14.3. The normalized spacial score (nSPS) is 17.0. The molecule has 1 atom stereocenters. The molecule has 0 aromatic heterocycles. The highest BCUT2D eigenvalue weighted by molar-refractivity contribution is 5.85. The van der Waals surface area contributed by atoms with Gasteiger partial charge >= 0.3 is 0 Å². The maximum Gasteiger partial charge on any atom is 0.224 e. The predicted molar refractivity (Wildman–Crippen MR) is 89.0 cm³/mol. The second-order valence-corrected chi connectivity index (χ2v) is 5.21. The topological polar surface area (TPSA) is 50.8 Å². The zero-order valence-electron chi connectivity index (χ0n) is 13.4. The number of methoxy groups -OCH3 is 2. The van der Waals surface area contributed by atoms with Crippen molar-refractivity contribution in [2.24, 2.45) is 0 Å². The summed E-state index contributed by atoms with van der Waals surface area (Å²) >= 11 is 0. The SMILES string of the molecule is CNCCC(=O)N1CCCC1c1cc(OC)ccc1OC.Cl. The molecule has 124 valence electrons. The van der Waals surface area contributed by atoms with Crippen molar-refractivity contribution in [2.75, 3.05) is 34.4 Å². The second-order valence-electron chi connectivity index (χ2n) is 5.21. The van der Waals surface area contributed by atoms with Crippen molar-refractivity contribution >= 4 is 18.3 Å². The third-order valence-electron chi connectivity index (χ3n) is 3.96. The first kappa shape index (κ1) is 18.6. The molecule has 0 saturated carbocycles. The Labute approximate surface area is 138 Å². The molecule has 22 heavy (non-hydrogen) atoms.